The molecule has 3 saturated heterocycles. The van der Waals surface area contributed by atoms with Crippen LogP contribution in [-0.4, -0.2) is 121 Å². The van der Waals surface area contributed by atoms with E-state index < -0.39 is 112 Å². The smallest absolute Gasteiger partial charge is 0.457 e. The third kappa shape index (κ3) is 9.25. The predicted octanol–water partition coefficient (Wildman–Crippen LogP) is 3.63. The second-order valence-corrected chi connectivity index (χ2v) is 17.2. The van der Waals surface area contributed by atoms with Crippen molar-refractivity contribution >= 4 is 39.7 Å². The molecule has 3 aliphatic rings. The van der Waals surface area contributed by atoms with Gasteiger partial charge in [-0.3, -0.25) is 9.59 Å². The average molecular weight is 798 g/mol. The molecule has 0 bridgehead atoms. The van der Waals surface area contributed by atoms with Crippen molar-refractivity contribution in [3.05, 3.63) is 30.3 Å². The van der Waals surface area contributed by atoms with Crippen molar-refractivity contribution in [2.45, 2.75) is 134 Å². The van der Waals surface area contributed by atoms with Crippen LogP contribution in [0.2, 0.25) is 0 Å². The summed E-state index contributed by atoms with van der Waals surface area (Å²) in [5, 5.41) is 25.6. The lowest BCUT2D eigenvalue weighted by Crippen LogP contribution is -2.60. The van der Waals surface area contributed by atoms with Gasteiger partial charge in [0.1, 0.15) is 29.8 Å². The Kier molecular flexibility index (Phi) is 13.7. The number of benzene rings is 1. The van der Waals surface area contributed by atoms with Crippen molar-refractivity contribution in [1.29, 1.82) is 0 Å². The zero-order valence-electron chi connectivity index (χ0n) is 33.0. The first-order valence-corrected chi connectivity index (χ1v) is 19.9. The summed E-state index contributed by atoms with van der Waals surface area (Å²) < 4.78 is 64.1. The van der Waals surface area contributed by atoms with E-state index in [9.17, 15) is 37.9 Å². The van der Waals surface area contributed by atoms with Gasteiger partial charge in [0, 0.05) is 23.8 Å². The molecule has 0 radical (unpaired) electrons. The number of hydrogen-bond donors (Lipinski definition) is 3. The Morgan fingerprint density at radius 1 is 1.04 bits per heavy atom. The maximum atomic E-state index is 14.4. The van der Waals surface area contributed by atoms with Crippen LogP contribution in [-0.2, 0) is 48.0 Å². The molecule has 308 valence electrons. The second kappa shape index (κ2) is 17.1. The first-order chi connectivity index (χ1) is 25.6. The first kappa shape index (κ1) is 43.9. The Bertz CT molecular complexity index is 1710. The zero-order chi connectivity index (χ0) is 41.2. The highest BCUT2D eigenvalue weighted by Crippen LogP contribution is 2.42. The molecule has 17 nitrogen and oxygen atoms in total. The molecule has 0 saturated carbocycles. The van der Waals surface area contributed by atoms with E-state index in [-0.39, 0.29) is 23.4 Å². The number of aliphatic hydroxyl groups is 1. The van der Waals surface area contributed by atoms with Gasteiger partial charge in [0.2, 0.25) is 0 Å². The summed E-state index contributed by atoms with van der Waals surface area (Å²) in [6.07, 6.45) is -9.06. The average Bonchev–Trinajstić information content (AvgIpc) is 3.43. The summed E-state index contributed by atoms with van der Waals surface area (Å²) in [4.78, 5) is 56.1. The number of amides is 1. The number of carbonyl (C=O) groups is 4. The lowest BCUT2D eigenvalue weighted by atomic mass is 9.74. The number of oxime groups is 1. The molecule has 13 atom stereocenters. The van der Waals surface area contributed by atoms with Crippen LogP contribution < -0.4 is 4.72 Å². The van der Waals surface area contributed by atoms with E-state index in [1.165, 1.54) is 52.0 Å². The number of nitrogens with zero attached hydrogens (tertiary/aromatic N) is 2. The molecule has 55 heavy (non-hydrogen) atoms. The molecule has 0 aromatic heterocycles. The van der Waals surface area contributed by atoms with Crippen LogP contribution in [0.25, 0.3) is 0 Å². The molecule has 0 aliphatic carbocycles. The number of cyclic esters (lactones) is 1. The van der Waals surface area contributed by atoms with Crippen molar-refractivity contribution in [1.82, 2.24) is 9.62 Å². The van der Waals surface area contributed by atoms with E-state index in [4.69, 9.17) is 28.4 Å². The standard InChI is InChI=1S/C37H55N3O14S/c1-11-26-37(8)31(52-35(45)54-37)21(4)27(38-46)19(2)18-36(7,53-34(44)39-55(47,48)24-15-13-12-14-16-24)30(22(5)28(41)23(6)32(43)50-26)51-33-29(42)25(40(9)10)17-20(3)49-33/h12-16,19-23,25-26,29-31,33,42,46H,11,17-18H2,1-10H3,(H,39,44)/b38-27+/t19-,20-,21-,22+,23-,25+,26+,29-,30-,31-,33+,36+,37-/m1/s1. The van der Waals surface area contributed by atoms with Crippen molar-refractivity contribution in [2.24, 2.45) is 28.8 Å². The fourth-order valence-electron chi connectivity index (χ4n) is 8.15. The molecule has 3 fully saturated rings. The Labute approximate surface area is 322 Å². The maximum Gasteiger partial charge on any atom is 0.509 e. The van der Waals surface area contributed by atoms with Gasteiger partial charge in [-0.1, -0.05) is 51.0 Å². The summed E-state index contributed by atoms with van der Waals surface area (Å²) in [7, 11) is -0.916. The summed E-state index contributed by atoms with van der Waals surface area (Å²) in [5.74, 6) is -6.18. The van der Waals surface area contributed by atoms with Gasteiger partial charge in [-0.25, -0.2) is 22.7 Å². The fraction of sp³-hybridized carbons (Fsp3) is 0.703. The molecule has 18 heteroatoms. The summed E-state index contributed by atoms with van der Waals surface area (Å²) in [6.45, 7) is 12.4. The quantitative estimate of drug-likeness (QED) is 0.118. The third-order valence-corrected chi connectivity index (χ3v) is 12.4. The highest BCUT2D eigenvalue weighted by Gasteiger charge is 2.59. The summed E-state index contributed by atoms with van der Waals surface area (Å²) >= 11 is 0. The van der Waals surface area contributed by atoms with E-state index in [1.54, 1.807) is 52.8 Å². The Morgan fingerprint density at radius 2 is 1.67 bits per heavy atom. The van der Waals surface area contributed by atoms with Gasteiger partial charge < -0.3 is 43.6 Å². The minimum Gasteiger partial charge on any atom is -0.457 e. The van der Waals surface area contributed by atoms with Crippen molar-refractivity contribution in [2.75, 3.05) is 14.1 Å². The predicted molar refractivity (Wildman–Crippen MR) is 194 cm³/mol. The van der Waals surface area contributed by atoms with Crippen LogP contribution in [0.4, 0.5) is 9.59 Å². The van der Waals surface area contributed by atoms with Gasteiger partial charge in [0.15, 0.2) is 23.8 Å². The lowest BCUT2D eigenvalue weighted by Gasteiger charge is -2.47. The van der Waals surface area contributed by atoms with Gasteiger partial charge in [0.25, 0.3) is 10.0 Å². The number of rotatable bonds is 7. The minimum absolute atomic E-state index is 0.0428. The monoisotopic (exact) mass is 797 g/mol. The number of hydrogen-bond acceptors (Lipinski definition) is 16. The number of aliphatic hydroxyl groups excluding tert-OH is 1. The topological polar surface area (TPSA) is 226 Å². The number of esters is 1. The molecular weight excluding hydrogens is 742 g/mol. The van der Waals surface area contributed by atoms with E-state index >= 15 is 0 Å². The van der Waals surface area contributed by atoms with Crippen LogP contribution in [0.5, 0.6) is 0 Å². The number of ether oxygens (including phenoxy) is 6. The largest absolute Gasteiger partial charge is 0.509 e. The molecule has 1 amide bonds. The molecular formula is C37H55N3O14S. The third-order valence-electron chi connectivity index (χ3n) is 11.1. The summed E-state index contributed by atoms with van der Waals surface area (Å²) in [6, 6.07) is 6.64. The van der Waals surface area contributed by atoms with E-state index in [0.717, 1.165) is 0 Å². The molecule has 1 aromatic carbocycles. The van der Waals surface area contributed by atoms with Gasteiger partial charge >= 0.3 is 18.2 Å². The van der Waals surface area contributed by atoms with E-state index in [0.29, 0.717) is 6.42 Å². The second-order valence-electron chi connectivity index (χ2n) is 15.5. The number of sulfonamides is 1. The Hall–Kier alpha value is -3.84. The van der Waals surface area contributed by atoms with Crippen LogP contribution in [0.1, 0.15) is 74.7 Å². The molecule has 4 rings (SSSR count). The first-order valence-electron chi connectivity index (χ1n) is 18.4. The van der Waals surface area contributed by atoms with Gasteiger partial charge in [-0.15, -0.1) is 0 Å². The van der Waals surface area contributed by atoms with Gasteiger partial charge in [-0.05, 0) is 73.2 Å². The van der Waals surface area contributed by atoms with Gasteiger partial charge in [0.05, 0.1) is 16.7 Å². The number of Topliss-reactive ketones (excluding diaryl/α,β-unsaturated/α-hetero) is 1. The minimum atomic E-state index is -4.46. The number of likely N-dealkylation sites (N-methyl/N-ethyl adjacent to an activating group) is 1. The molecule has 0 unspecified atom stereocenters. The maximum absolute atomic E-state index is 14.4. The van der Waals surface area contributed by atoms with E-state index in [2.05, 4.69) is 5.16 Å². The Morgan fingerprint density at radius 3 is 2.25 bits per heavy atom. The number of nitrogens with one attached hydrogen (secondary N) is 1. The van der Waals surface area contributed by atoms with Crippen molar-refractivity contribution in [3.63, 3.8) is 0 Å². The lowest BCUT2D eigenvalue weighted by molar-refractivity contribution is -0.292. The number of fused-ring (bicyclic) bond motifs is 1. The SMILES string of the molecule is CC[C@@H]1OC(=O)[C@H](C)C(=O)[C@H](C)[C@@H](O[C@@H]2O[C@H](C)C[C@H](N(C)C)[C@H]2O)[C@@](C)(OC(=O)NS(=O)(=O)c2ccccc2)C[C@@H](C)/C(=N\O)[C@@H](C)[C@H]2OC(=O)O[C@]12C. The van der Waals surface area contributed by atoms with E-state index in [1.807, 2.05) is 4.72 Å². The van der Waals surface area contributed by atoms with Crippen LogP contribution >= 0.6 is 0 Å². The van der Waals surface area contributed by atoms with Gasteiger partial charge in [-0.2, -0.15) is 0 Å². The van der Waals surface area contributed by atoms with Crippen LogP contribution in [0, 0.1) is 23.7 Å². The molecule has 0 spiro atoms. The highest BCUT2D eigenvalue weighted by molar-refractivity contribution is 7.90. The fourth-order valence-corrected chi connectivity index (χ4v) is 9.04. The molecule has 3 N–H and O–H groups in total. The molecule has 1 aromatic rings. The Balaban J connectivity index is 1.88. The van der Waals surface area contributed by atoms with Crippen LogP contribution in [0.15, 0.2) is 40.4 Å². The van der Waals surface area contributed by atoms with Crippen molar-refractivity contribution in [3.8, 4) is 0 Å². The van der Waals surface area contributed by atoms with Crippen LogP contribution in [0.3, 0.4) is 0 Å². The molecule has 3 heterocycles. The molecule has 3 aliphatic heterocycles. The normalized spacial score (nSPS) is 38.7. The number of carbonyl (C=O) groups excluding carboxylic acids is 4. The zero-order valence-corrected chi connectivity index (χ0v) is 33.8. The summed E-state index contributed by atoms with van der Waals surface area (Å²) in [5.41, 5.74) is -3.54. The number of ketones is 1. The highest BCUT2D eigenvalue weighted by atomic mass is 32.2. The van der Waals surface area contributed by atoms with Crippen molar-refractivity contribution < 1.29 is 66.3 Å².